The van der Waals surface area contributed by atoms with E-state index in [1.165, 1.54) is 0 Å². The number of anilines is 1. The first-order valence-electron chi connectivity index (χ1n) is 9.28. The van der Waals surface area contributed by atoms with Gasteiger partial charge in [-0.05, 0) is 19.4 Å². The summed E-state index contributed by atoms with van der Waals surface area (Å²) in [6.07, 6.45) is 0.899. The molecule has 0 unspecified atom stereocenters. The average molecular weight is 374 g/mol. The number of nitrogens with two attached hydrogens (primary N) is 1. The molecule has 0 aliphatic carbocycles. The summed E-state index contributed by atoms with van der Waals surface area (Å²) in [6, 6.07) is 7.67. The highest BCUT2D eigenvalue weighted by atomic mass is 16.5. The fraction of sp³-hybridized carbons (Fsp3) is 0.421. The molecule has 27 heavy (non-hydrogen) atoms. The van der Waals surface area contributed by atoms with Gasteiger partial charge in [0.05, 0.1) is 11.0 Å². The Morgan fingerprint density at radius 2 is 2.00 bits per heavy atom. The smallest absolute Gasteiger partial charge is 0.314 e. The van der Waals surface area contributed by atoms with Crippen molar-refractivity contribution in [1.82, 2.24) is 25.2 Å². The van der Waals surface area contributed by atoms with Gasteiger partial charge >= 0.3 is 6.03 Å². The minimum atomic E-state index is -0.168. The zero-order valence-corrected chi connectivity index (χ0v) is 15.8. The van der Waals surface area contributed by atoms with E-state index in [9.17, 15) is 4.79 Å². The average Bonchev–Trinajstić information content (AvgIpc) is 3.04. The maximum atomic E-state index is 11.8. The first-order chi connectivity index (χ1) is 13.2. The summed E-state index contributed by atoms with van der Waals surface area (Å²) in [5.74, 6) is 1.17. The second kappa shape index (κ2) is 8.68. The van der Waals surface area contributed by atoms with Crippen LogP contribution in [0.1, 0.15) is 28.9 Å². The number of aromatic nitrogens is 3. The molecule has 0 saturated carbocycles. The largest absolute Gasteiger partial charge is 0.382 e. The van der Waals surface area contributed by atoms with Gasteiger partial charge < -0.3 is 25.7 Å². The van der Waals surface area contributed by atoms with Crippen molar-refractivity contribution in [2.75, 3.05) is 25.4 Å². The molecule has 2 amide bonds. The zero-order chi connectivity index (χ0) is 19.2. The third-order valence-corrected chi connectivity index (χ3v) is 4.28. The molecule has 2 aromatic heterocycles. The van der Waals surface area contributed by atoms with Crippen molar-refractivity contribution in [1.29, 1.82) is 0 Å². The molecule has 0 bridgehead atoms. The van der Waals surface area contributed by atoms with Crippen LogP contribution in [-0.2, 0) is 17.9 Å². The number of para-hydroxylation sites is 1. The summed E-state index contributed by atoms with van der Waals surface area (Å²) in [6.45, 7) is 6.61. The number of nitrogen functional groups attached to an aromatic ring is 1. The molecule has 0 atom stereocenters. The summed E-state index contributed by atoms with van der Waals surface area (Å²) >= 11 is 0. The van der Waals surface area contributed by atoms with E-state index in [1.54, 1.807) is 0 Å². The van der Waals surface area contributed by atoms with Gasteiger partial charge in [0.15, 0.2) is 5.82 Å². The predicted molar refractivity (Wildman–Crippen MR) is 111 cm³/mol. The van der Waals surface area contributed by atoms with Crippen molar-refractivity contribution >= 4 is 33.8 Å². The first kappa shape index (κ1) is 18.9. The molecule has 8 nitrogen and oxygen atoms in total. The number of pyridine rings is 1. The number of imidazole rings is 1. The Balaban J connectivity index is 0.00000210. The highest BCUT2D eigenvalue weighted by molar-refractivity contribution is 6.06. The quantitative estimate of drug-likeness (QED) is 0.562. The lowest BCUT2D eigenvalue weighted by molar-refractivity contribution is 0.126. The second-order valence-corrected chi connectivity index (χ2v) is 6.21. The molecular formula is C19H30N6O2. The molecular weight excluding hydrogens is 344 g/mol. The van der Waals surface area contributed by atoms with Crippen molar-refractivity contribution in [2.45, 2.75) is 33.4 Å². The second-order valence-electron chi connectivity index (χ2n) is 6.21. The fourth-order valence-electron chi connectivity index (χ4n) is 3.03. The molecule has 3 rings (SSSR count). The minimum absolute atomic E-state index is 0. The van der Waals surface area contributed by atoms with Crippen LogP contribution < -0.4 is 16.4 Å². The number of rotatable bonds is 8. The Bertz CT molecular complexity index is 947. The topological polar surface area (TPSA) is 107 Å². The molecule has 0 aliphatic rings. The van der Waals surface area contributed by atoms with E-state index in [0.29, 0.717) is 44.2 Å². The highest BCUT2D eigenvalue weighted by Gasteiger charge is 2.17. The number of benzene rings is 1. The van der Waals surface area contributed by atoms with Gasteiger partial charge in [0.2, 0.25) is 0 Å². The molecule has 0 fully saturated rings. The van der Waals surface area contributed by atoms with Crippen LogP contribution in [0.25, 0.3) is 21.9 Å². The SMILES string of the molecule is CCCNC(=O)NCCn1c(COCC)nc2c(N)nc3ccccc3c21.[HH].[HH]. The molecule has 0 saturated heterocycles. The highest BCUT2D eigenvalue weighted by Crippen LogP contribution is 2.28. The van der Waals surface area contributed by atoms with E-state index in [0.717, 1.165) is 28.7 Å². The molecule has 3 aromatic rings. The Hall–Kier alpha value is -2.87. The third kappa shape index (κ3) is 4.11. The number of ether oxygens (including phenoxy) is 1. The number of nitrogens with one attached hydrogen (secondary N) is 2. The normalized spacial score (nSPS) is 11.2. The molecule has 0 radical (unpaired) electrons. The van der Waals surface area contributed by atoms with Gasteiger partial charge in [-0.25, -0.2) is 14.8 Å². The lowest BCUT2D eigenvalue weighted by Gasteiger charge is -2.12. The number of hydrogen-bond donors (Lipinski definition) is 3. The van der Waals surface area contributed by atoms with Gasteiger partial charge in [0.25, 0.3) is 0 Å². The van der Waals surface area contributed by atoms with Crippen LogP contribution in [0.4, 0.5) is 10.6 Å². The number of hydrogen-bond acceptors (Lipinski definition) is 5. The van der Waals surface area contributed by atoms with E-state index >= 15 is 0 Å². The molecule has 0 aliphatic heterocycles. The lowest BCUT2D eigenvalue weighted by Crippen LogP contribution is -2.37. The summed E-state index contributed by atoms with van der Waals surface area (Å²) < 4.78 is 7.64. The number of urea groups is 1. The Morgan fingerprint density at radius 1 is 1.22 bits per heavy atom. The monoisotopic (exact) mass is 374 g/mol. The van der Waals surface area contributed by atoms with Crippen LogP contribution in [0, 0.1) is 0 Å². The molecule has 0 spiro atoms. The number of nitrogens with zero attached hydrogens (tertiary/aromatic N) is 3. The standard InChI is InChI=1S/C19H26N6O2.2H2/c1-3-9-21-19(26)22-10-11-25-15(12-27-4-2)24-16-17(25)13-7-5-6-8-14(13)23-18(16)20;;/h5-8H,3-4,9-12H2,1-2H3,(H2,20,23)(H2,21,22,26);2*1H. The van der Waals surface area contributed by atoms with Crippen molar-refractivity contribution < 1.29 is 12.4 Å². The lowest BCUT2D eigenvalue weighted by atomic mass is 10.2. The summed E-state index contributed by atoms with van der Waals surface area (Å²) in [4.78, 5) is 20.9. The van der Waals surface area contributed by atoms with E-state index in [4.69, 9.17) is 10.5 Å². The van der Waals surface area contributed by atoms with Crippen LogP contribution in [0.5, 0.6) is 0 Å². The number of carbonyl (C=O) groups excluding carboxylic acids is 1. The Morgan fingerprint density at radius 3 is 2.78 bits per heavy atom. The van der Waals surface area contributed by atoms with E-state index in [1.807, 2.05) is 38.1 Å². The van der Waals surface area contributed by atoms with Gasteiger partial charge in [-0.3, -0.25) is 0 Å². The van der Waals surface area contributed by atoms with Crippen LogP contribution in [0.3, 0.4) is 0 Å². The third-order valence-electron chi connectivity index (χ3n) is 4.28. The van der Waals surface area contributed by atoms with Crippen LogP contribution in [0.2, 0.25) is 0 Å². The van der Waals surface area contributed by atoms with Gasteiger partial charge in [0.1, 0.15) is 17.9 Å². The molecule has 8 heteroatoms. The first-order valence-corrected chi connectivity index (χ1v) is 9.28. The number of fused-ring (bicyclic) bond motifs is 3. The van der Waals surface area contributed by atoms with Gasteiger partial charge in [-0.2, -0.15) is 0 Å². The van der Waals surface area contributed by atoms with Crippen molar-refractivity contribution in [3.05, 3.63) is 30.1 Å². The van der Waals surface area contributed by atoms with Crippen molar-refractivity contribution in [3.8, 4) is 0 Å². The van der Waals surface area contributed by atoms with Gasteiger partial charge in [-0.1, -0.05) is 25.1 Å². The maximum absolute atomic E-state index is 11.8. The Kier molecular flexibility index (Phi) is 6.08. The van der Waals surface area contributed by atoms with Crippen molar-refractivity contribution in [2.24, 2.45) is 0 Å². The van der Waals surface area contributed by atoms with Crippen LogP contribution in [-0.4, -0.2) is 40.3 Å². The van der Waals surface area contributed by atoms with Crippen molar-refractivity contribution in [3.63, 3.8) is 0 Å². The summed E-state index contributed by atoms with van der Waals surface area (Å²) in [5.41, 5.74) is 8.56. The van der Waals surface area contributed by atoms with Gasteiger partial charge in [-0.15, -0.1) is 0 Å². The maximum Gasteiger partial charge on any atom is 0.314 e. The summed E-state index contributed by atoms with van der Waals surface area (Å²) in [5, 5.41) is 6.67. The fourth-order valence-corrected chi connectivity index (χ4v) is 3.03. The number of carbonyl (C=O) groups is 1. The molecule has 1 aromatic carbocycles. The zero-order valence-electron chi connectivity index (χ0n) is 15.8. The van der Waals surface area contributed by atoms with Gasteiger partial charge in [0, 0.05) is 34.5 Å². The van der Waals surface area contributed by atoms with E-state index in [-0.39, 0.29) is 8.88 Å². The molecule has 2 heterocycles. The van der Waals surface area contributed by atoms with E-state index in [2.05, 4.69) is 25.2 Å². The minimum Gasteiger partial charge on any atom is -0.382 e. The Labute approximate surface area is 161 Å². The molecule has 4 N–H and O–H groups in total. The van der Waals surface area contributed by atoms with Crippen LogP contribution in [0.15, 0.2) is 24.3 Å². The number of amides is 2. The van der Waals surface area contributed by atoms with Crippen LogP contribution >= 0.6 is 0 Å². The van der Waals surface area contributed by atoms with E-state index < -0.39 is 0 Å². The summed E-state index contributed by atoms with van der Waals surface area (Å²) in [7, 11) is 0. The predicted octanol–water partition coefficient (Wildman–Crippen LogP) is 2.90. The molecule has 148 valence electrons.